The molecule has 4 nitrogen and oxygen atoms in total. The Morgan fingerprint density at radius 1 is 1.04 bits per heavy atom. The van der Waals surface area contributed by atoms with E-state index in [4.69, 9.17) is 27.6 Å². The summed E-state index contributed by atoms with van der Waals surface area (Å²) in [5.74, 6) is 0.241. The maximum absolute atomic E-state index is 12.4. The van der Waals surface area contributed by atoms with E-state index in [1.165, 1.54) is 5.56 Å². The number of anilines is 1. The average molecular weight is 411 g/mol. The number of amides is 1. The van der Waals surface area contributed by atoms with Crippen LogP contribution in [-0.2, 0) is 6.42 Å². The molecule has 0 saturated heterocycles. The quantitative estimate of drug-likeness (QED) is 0.411. The van der Waals surface area contributed by atoms with Crippen LogP contribution in [0, 0.1) is 0 Å². The predicted molar refractivity (Wildman–Crippen MR) is 113 cm³/mol. The Kier molecular flexibility index (Phi) is 5.07. The molecule has 1 amide bonds. The Bertz CT molecular complexity index is 1170. The van der Waals surface area contributed by atoms with E-state index in [2.05, 4.69) is 17.2 Å². The van der Waals surface area contributed by atoms with E-state index >= 15 is 0 Å². The van der Waals surface area contributed by atoms with Gasteiger partial charge in [-0.2, -0.15) is 0 Å². The third-order valence-electron chi connectivity index (χ3n) is 4.43. The lowest BCUT2D eigenvalue weighted by molar-refractivity contribution is 0.102. The van der Waals surface area contributed by atoms with Crippen LogP contribution in [0.3, 0.4) is 0 Å². The van der Waals surface area contributed by atoms with Gasteiger partial charge in [-0.1, -0.05) is 36.2 Å². The molecule has 0 unspecified atom stereocenters. The number of hydrogen-bond acceptors (Lipinski definition) is 3. The molecule has 0 spiro atoms. The molecular weight excluding hydrogens is 395 g/mol. The van der Waals surface area contributed by atoms with E-state index in [0.717, 1.165) is 23.1 Å². The van der Waals surface area contributed by atoms with Gasteiger partial charge in [0.2, 0.25) is 5.89 Å². The number of oxazole rings is 1. The molecule has 4 rings (SSSR count). The minimum atomic E-state index is -0.302. The van der Waals surface area contributed by atoms with E-state index in [0.29, 0.717) is 27.2 Å². The van der Waals surface area contributed by atoms with Crippen molar-refractivity contribution in [3.63, 3.8) is 0 Å². The van der Waals surface area contributed by atoms with Crippen LogP contribution in [0.2, 0.25) is 10.0 Å². The fraction of sp³-hybridized carbons (Fsp3) is 0.0909. The summed E-state index contributed by atoms with van der Waals surface area (Å²) in [5, 5.41) is 3.61. The Morgan fingerprint density at radius 3 is 2.54 bits per heavy atom. The summed E-state index contributed by atoms with van der Waals surface area (Å²) in [6.45, 7) is 2.10. The van der Waals surface area contributed by atoms with Crippen LogP contribution < -0.4 is 5.32 Å². The summed E-state index contributed by atoms with van der Waals surface area (Å²) in [6.07, 6.45) is 0.949. The van der Waals surface area contributed by atoms with Gasteiger partial charge in [-0.3, -0.25) is 4.79 Å². The van der Waals surface area contributed by atoms with E-state index in [9.17, 15) is 4.79 Å². The summed E-state index contributed by atoms with van der Waals surface area (Å²) >= 11 is 12.0. The number of rotatable bonds is 4. The standard InChI is InChI=1S/C22H16Cl2N2O2/c1-2-13-3-10-20-19(11-13)26-22(28-20)14-4-7-16(8-5-14)25-21(27)17-9-6-15(23)12-18(17)24/h3-12H,2H2,1H3,(H,25,27). The maximum Gasteiger partial charge on any atom is 0.257 e. The first kappa shape index (κ1) is 18.5. The smallest absolute Gasteiger partial charge is 0.257 e. The normalized spacial score (nSPS) is 11.0. The molecule has 0 aliphatic rings. The Labute approximate surface area is 172 Å². The van der Waals surface area contributed by atoms with Crippen molar-refractivity contribution in [2.45, 2.75) is 13.3 Å². The minimum absolute atomic E-state index is 0.302. The molecular formula is C22H16Cl2N2O2. The molecule has 1 aromatic heterocycles. The molecule has 0 aliphatic heterocycles. The van der Waals surface area contributed by atoms with Crippen molar-refractivity contribution >= 4 is 45.9 Å². The molecule has 1 N–H and O–H groups in total. The highest BCUT2D eigenvalue weighted by atomic mass is 35.5. The molecule has 0 bridgehead atoms. The first-order chi connectivity index (χ1) is 13.5. The molecule has 0 radical (unpaired) electrons. The largest absolute Gasteiger partial charge is 0.436 e. The summed E-state index contributed by atoms with van der Waals surface area (Å²) in [7, 11) is 0. The van der Waals surface area contributed by atoms with Crippen LogP contribution >= 0.6 is 23.2 Å². The van der Waals surface area contributed by atoms with Gasteiger partial charge in [0.15, 0.2) is 5.58 Å². The van der Waals surface area contributed by atoms with Crippen molar-refractivity contribution in [1.82, 2.24) is 4.98 Å². The van der Waals surface area contributed by atoms with Gasteiger partial charge in [-0.25, -0.2) is 4.98 Å². The molecule has 0 aliphatic carbocycles. The summed E-state index contributed by atoms with van der Waals surface area (Å²) in [6, 6.07) is 18.1. The van der Waals surface area contributed by atoms with Crippen LogP contribution in [0.5, 0.6) is 0 Å². The highest BCUT2D eigenvalue weighted by Gasteiger charge is 2.12. The van der Waals surface area contributed by atoms with Gasteiger partial charge < -0.3 is 9.73 Å². The molecule has 0 fully saturated rings. The molecule has 6 heteroatoms. The van der Waals surface area contributed by atoms with Crippen molar-refractivity contribution in [3.05, 3.63) is 81.8 Å². The molecule has 0 saturated carbocycles. The van der Waals surface area contributed by atoms with Crippen LogP contribution in [0.1, 0.15) is 22.8 Å². The fourth-order valence-electron chi connectivity index (χ4n) is 2.88. The van der Waals surface area contributed by atoms with Crippen molar-refractivity contribution in [2.75, 3.05) is 5.32 Å². The van der Waals surface area contributed by atoms with Crippen LogP contribution in [0.25, 0.3) is 22.6 Å². The molecule has 140 valence electrons. The lowest BCUT2D eigenvalue weighted by atomic mass is 10.1. The van der Waals surface area contributed by atoms with Crippen LogP contribution in [-0.4, -0.2) is 10.9 Å². The van der Waals surface area contributed by atoms with Gasteiger partial charge in [0.1, 0.15) is 5.52 Å². The number of carbonyl (C=O) groups excluding carboxylic acids is 1. The summed E-state index contributed by atoms with van der Waals surface area (Å²) in [4.78, 5) is 17.0. The van der Waals surface area contributed by atoms with Crippen molar-refractivity contribution in [3.8, 4) is 11.5 Å². The van der Waals surface area contributed by atoms with Gasteiger partial charge >= 0.3 is 0 Å². The molecule has 4 aromatic rings. The SMILES string of the molecule is CCc1ccc2oc(-c3ccc(NC(=O)c4ccc(Cl)cc4Cl)cc3)nc2c1. The number of aryl methyl sites for hydroxylation is 1. The zero-order valence-electron chi connectivity index (χ0n) is 15.0. The lowest BCUT2D eigenvalue weighted by Gasteiger charge is -2.07. The molecule has 28 heavy (non-hydrogen) atoms. The Hall–Kier alpha value is -2.82. The van der Waals surface area contributed by atoms with E-state index in [1.807, 2.05) is 30.3 Å². The first-order valence-corrected chi connectivity index (χ1v) is 9.55. The second-order valence-corrected chi connectivity index (χ2v) is 7.17. The second kappa shape index (κ2) is 7.66. The van der Waals surface area contributed by atoms with Crippen molar-refractivity contribution in [1.29, 1.82) is 0 Å². The zero-order valence-corrected chi connectivity index (χ0v) is 16.5. The summed E-state index contributed by atoms with van der Waals surface area (Å²) < 4.78 is 5.84. The summed E-state index contributed by atoms with van der Waals surface area (Å²) in [5.41, 5.74) is 4.64. The molecule has 1 heterocycles. The molecule has 0 atom stereocenters. The van der Waals surface area contributed by atoms with E-state index < -0.39 is 0 Å². The fourth-order valence-corrected chi connectivity index (χ4v) is 3.38. The van der Waals surface area contributed by atoms with Gasteiger partial charge in [-0.15, -0.1) is 0 Å². The topological polar surface area (TPSA) is 55.1 Å². The number of fused-ring (bicyclic) bond motifs is 1. The average Bonchev–Trinajstić information content (AvgIpc) is 3.11. The second-order valence-electron chi connectivity index (χ2n) is 6.33. The first-order valence-electron chi connectivity index (χ1n) is 8.80. The number of nitrogens with one attached hydrogen (secondary N) is 1. The van der Waals surface area contributed by atoms with Crippen LogP contribution in [0.4, 0.5) is 5.69 Å². The number of benzene rings is 3. The van der Waals surface area contributed by atoms with Gasteiger partial charge in [-0.05, 0) is 66.6 Å². The highest BCUT2D eigenvalue weighted by Crippen LogP contribution is 2.27. The van der Waals surface area contributed by atoms with Crippen LogP contribution in [0.15, 0.2) is 65.1 Å². The minimum Gasteiger partial charge on any atom is -0.436 e. The predicted octanol–water partition coefficient (Wildman–Crippen LogP) is 6.62. The third kappa shape index (κ3) is 3.75. The van der Waals surface area contributed by atoms with Crippen molar-refractivity contribution in [2.24, 2.45) is 0 Å². The Balaban J connectivity index is 1.54. The van der Waals surface area contributed by atoms with E-state index in [1.54, 1.807) is 30.3 Å². The highest BCUT2D eigenvalue weighted by molar-refractivity contribution is 6.37. The molecule has 3 aromatic carbocycles. The Morgan fingerprint density at radius 2 is 1.82 bits per heavy atom. The van der Waals surface area contributed by atoms with E-state index in [-0.39, 0.29) is 5.91 Å². The monoisotopic (exact) mass is 410 g/mol. The number of aromatic nitrogens is 1. The number of nitrogens with zero attached hydrogens (tertiary/aromatic N) is 1. The lowest BCUT2D eigenvalue weighted by Crippen LogP contribution is -2.12. The zero-order chi connectivity index (χ0) is 19.7. The van der Waals surface area contributed by atoms with Crippen molar-refractivity contribution < 1.29 is 9.21 Å². The maximum atomic E-state index is 12.4. The van der Waals surface area contributed by atoms with Gasteiger partial charge in [0.25, 0.3) is 5.91 Å². The van der Waals surface area contributed by atoms with Gasteiger partial charge in [0.05, 0.1) is 10.6 Å². The number of carbonyl (C=O) groups is 1. The van der Waals surface area contributed by atoms with Gasteiger partial charge in [0, 0.05) is 16.3 Å². The number of halogens is 2. The number of hydrogen-bond donors (Lipinski definition) is 1. The third-order valence-corrected chi connectivity index (χ3v) is 4.97.